The van der Waals surface area contributed by atoms with E-state index < -0.39 is 26.6 Å². The molecule has 0 saturated carbocycles. The number of hydrogen-bond acceptors (Lipinski definition) is 7. The standard InChI is InChI=1S/C73H133N2O7P/c1-7-10-13-16-19-22-25-28-30-32-34-36-37-39-41-43-45-48-51-54-57-60-63-66-73(77)82-71(64-61-58-55-52-49-46-27-24-21-18-15-12-9-3)70(69-81-83(78,79)80-68-67-75(4,5)6)74-72(76)65-62-59-56-53-50-47-44-42-40-38-35-33-31-29-26-23-20-17-14-11-8-2/h19-20,22-23,28-31,34,36,39,41,61,64,70-71H,7-18,21,24-27,32-33,35,37-38,40,42-60,62-63,65-69H2,1-6H3,(H-,74,76,78,79)/b22-19-,23-20-,30-28-,31-29-,36-34-,41-39-,64-61+. The molecule has 482 valence electrons. The molecule has 0 bridgehead atoms. The van der Waals surface area contributed by atoms with Gasteiger partial charge in [0.2, 0.25) is 5.91 Å². The van der Waals surface area contributed by atoms with E-state index in [0.29, 0.717) is 17.4 Å². The fourth-order valence-corrected chi connectivity index (χ4v) is 10.6. The molecule has 0 heterocycles. The van der Waals surface area contributed by atoms with Gasteiger partial charge in [0, 0.05) is 12.8 Å². The smallest absolute Gasteiger partial charge is 0.306 e. The number of hydrogen-bond donors (Lipinski definition) is 1. The van der Waals surface area contributed by atoms with E-state index in [1.165, 1.54) is 180 Å². The highest BCUT2D eigenvalue weighted by Crippen LogP contribution is 2.38. The molecule has 0 aromatic heterocycles. The van der Waals surface area contributed by atoms with Crippen LogP contribution in [0.25, 0.3) is 0 Å². The zero-order valence-electron chi connectivity index (χ0n) is 55.1. The normalized spacial score (nSPS) is 14.1. The van der Waals surface area contributed by atoms with E-state index in [0.717, 1.165) is 103 Å². The van der Waals surface area contributed by atoms with Gasteiger partial charge >= 0.3 is 5.97 Å². The van der Waals surface area contributed by atoms with Gasteiger partial charge in [0.05, 0.1) is 33.8 Å². The molecule has 0 aliphatic rings. The first kappa shape index (κ1) is 80.2. The van der Waals surface area contributed by atoms with E-state index in [1.54, 1.807) is 0 Å². The average Bonchev–Trinajstić information content (AvgIpc) is 3.47. The molecule has 3 atom stereocenters. The first-order valence-electron chi connectivity index (χ1n) is 34.9. The Hall–Kier alpha value is -2.81. The number of phosphoric ester groups is 1. The summed E-state index contributed by atoms with van der Waals surface area (Å²) in [6.45, 7) is 6.81. The van der Waals surface area contributed by atoms with E-state index in [2.05, 4.69) is 99.0 Å². The second kappa shape index (κ2) is 62.2. The quantitative estimate of drug-likeness (QED) is 0.0212. The molecule has 1 N–H and O–H groups in total. The van der Waals surface area contributed by atoms with Crippen molar-refractivity contribution in [1.29, 1.82) is 0 Å². The molecule has 1 amide bonds. The lowest BCUT2D eigenvalue weighted by Crippen LogP contribution is -2.47. The van der Waals surface area contributed by atoms with Crippen LogP contribution in [0, 0.1) is 0 Å². The predicted octanol–water partition coefficient (Wildman–Crippen LogP) is 21.5. The van der Waals surface area contributed by atoms with Gasteiger partial charge in [-0.15, -0.1) is 0 Å². The summed E-state index contributed by atoms with van der Waals surface area (Å²) in [7, 11) is 1.18. The Morgan fingerprint density at radius 2 is 0.735 bits per heavy atom. The van der Waals surface area contributed by atoms with E-state index in [9.17, 15) is 19.0 Å². The number of quaternary nitrogens is 1. The molecule has 0 spiro atoms. The van der Waals surface area contributed by atoms with Crippen LogP contribution < -0.4 is 10.2 Å². The van der Waals surface area contributed by atoms with Crippen LogP contribution in [0.1, 0.15) is 316 Å². The molecule has 0 aromatic rings. The molecule has 0 radical (unpaired) electrons. The van der Waals surface area contributed by atoms with E-state index in [1.807, 2.05) is 33.3 Å². The number of esters is 1. The molecule has 83 heavy (non-hydrogen) atoms. The Balaban J connectivity index is 5.18. The Labute approximate surface area is 514 Å². The predicted molar refractivity (Wildman–Crippen MR) is 358 cm³/mol. The number of likely N-dealkylation sites (N-methyl/N-ethyl adjacent to an activating group) is 1. The summed E-state index contributed by atoms with van der Waals surface area (Å²) in [5.74, 6) is -0.550. The van der Waals surface area contributed by atoms with Crippen molar-refractivity contribution < 1.29 is 37.3 Å². The topological polar surface area (TPSA) is 114 Å². The fourth-order valence-electron chi connectivity index (χ4n) is 9.89. The van der Waals surface area contributed by atoms with Gasteiger partial charge in [-0.1, -0.05) is 280 Å². The number of rotatable bonds is 63. The van der Waals surface area contributed by atoms with Gasteiger partial charge in [-0.3, -0.25) is 14.2 Å². The van der Waals surface area contributed by atoms with Crippen LogP contribution in [0.2, 0.25) is 0 Å². The second-order valence-corrected chi connectivity index (χ2v) is 26.1. The molecule has 0 aliphatic heterocycles. The van der Waals surface area contributed by atoms with E-state index in [-0.39, 0.29) is 24.9 Å². The van der Waals surface area contributed by atoms with Crippen LogP contribution in [0.5, 0.6) is 0 Å². The minimum Gasteiger partial charge on any atom is -0.756 e. The lowest BCUT2D eigenvalue weighted by atomic mass is 10.0. The zero-order valence-corrected chi connectivity index (χ0v) is 56.0. The van der Waals surface area contributed by atoms with Gasteiger partial charge in [-0.05, 0) is 109 Å². The molecular formula is C73H133N2O7P. The molecule has 9 nitrogen and oxygen atoms in total. The maximum Gasteiger partial charge on any atom is 0.306 e. The van der Waals surface area contributed by atoms with Crippen LogP contribution in [0.3, 0.4) is 0 Å². The highest BCUT2D eigenvalue weighted by Gasteiger charge is 2.27. The summed E-state index contributed by atoms with van der Waals surface area (Å²) in [4.78, 5) is 40.2. The Morgan fingerprint density at radius 1 is 0.422 bits per heavy atom. The van der Waals surface area contributed by atoms with Crippen molar-refractivity contribution in [3.63, 3.8) is 0 Å². The minimum atomic E-state index is -4.71. The third-order valence-corrected chi connectivity index (χ3v) is 16.3. The summed E-state index contributed by atoms with van der Waals surface area (Å²) in [5, 5.41) is 3.04. The first-order chi connectivity index (χ1) is 40.4. The number of allylic oxidation sites excluding steroid dienone is 13. The highest BCUT2D eigenvalue weighted by molar-refractivity contribution is 7.45. The molecule has 0 aliphatic carbocycles. The minimum absolute atomic E-state index is 0.0272. The van der Waals surface area contributed by atoms with Gasteiger partial charge in [0.15, 0.2) is 0 Å². The maximum absolute atomic E-state index is 13.6. The van der Waals surface area contributed by atoms with Crippen LogP contribution in [0.15, 0.2) is 85.1 Å². The van der Waals surface area contributed by atoms with Gasteiger partial charge in [-0.25, -0.2) is 0 Å². The van der Waals surface area contributed by atoms with Gasteiger partial charge < -0.3 is 28.5 Å². The third-order valence-electron chi connectivity index (χ3n) is 15.3. The van der Waals surface area contributed by atoms with Crippen molar-refractivity contribution in [1.82, 2.24) is 5.32 Å². The lowest BCUT2D eigenvalue weighted by Gasteiger charge is -2.30. The highest BCUT2D eigenvalue weighted by atomic mass is 31.2. The molecule has 0 rings (SSSR count). The SMILES string of the molecule is CCCCC/C=C\C/C=C\C/C=C\C/C=C\CCCCCCCCCC(=O)OC(/C=C/CCCCCCCCCCCCC)C(COP(=O)([O-])OCC[N+](C)(C)C)NC(=O)CCCCCCCCCCCCC/C=C\C/C=C\CCCCC. The number of phosphoric acid groups is 1. The van der Waals surface area contributed by atoms with Gasteiger partial charge in [0.25, 0.3) is 7.82 Å². The summed E-state index contributed by atoms with van der Waals surface area (Å²) < 4.78 is 30.4. The summed E-state index contributed by atoms with van der Waals surface area (Å²) in [6.07, 6.45) is 82.6. The van der Waals surface area contributed by atoms with Crippen LogP contribution in [0.4, 0.5) is 0 Å². The Kier molecular flexibility index (Phi) is 60.1. The van der Waals surface area contributed by atoms with Crippen molar-refractivity contribution in [2.24, 2.45) is 0 Å². The number of nitrogens with one attached hydrogen (secondary N) is 1. The maximum atomic E-state index is 13.6. The van der Waals surface area contributed by atoms with Gasteiger partial charge in [-0.2, -0.15) is 0 Å². The van der Waals surface area contributed by atoms with Crippen molar-refractivity contribution in [3.05, 3.63) is 85.1 Å². The largest absolute Gasteiger partial charge is 0.756 e. The van der Waals surface area contributed by atoms with Crippen LogP contribution >= 0.6 is 7.82 Å². The summed E-state index contributed by atoms with van der Waals surface area (Å²) in [5.41, 5.74) is 0. The number of carbonyl (C=O) groups excluding carboxylic acids is 2. The molecule has 0 saturated heterocycles. The molecule has 3 unspecified atom stereocenters. The zero-order chi connectivity index (χ0) is 60.7. The number of carbonyl (C=O) groups is 2. The number of nitrogens with zero attached hydrogens (tertiary/aromatic N) is 1. The van der Waals surface area contributed by atoms with E-state index in [4.69, 9.17) is 13.8 Å². The van der Waals surface area contributed by atoms with Crippen molar-refractivity contribution in [2.45, 2.75) is 328 Å². The molecule has 0 aromatic carbocycles. The van der Waals surface area contributed by atoms with Crippen LogP contribution in [-0.4, -0.2) is 69.4 Å². The monoisotopic (exact) mass is 1180 g/mol. The summed E-state index contributed by atoms with van der Waals surface area (Å²) >= 11 is 0. The lowest BCUT2D eigenvalue weighted by molar-refractivity contribution is -0.870. The number of ether oxygens (including phenoxy) is 1. The molecule has 0 fully saturated rings. The van der Waals surface area contributed by atoms with Crippen molar-refractivity contribution >= 4 is 19.7 Å². The summed E-state index contributed by atoms with van der Waals surface area (Å²) in [6, 6.07) is -0.899. The fraction of sp³-hybridized carbons (Fsp3) is 0.781. The average molecular weight is 1180 g/mol. The Bertz CT molecular complexity index is 1700. The number of unbranched alkanes of at least 4 members (excludes halogenated alkanes) is 35. The second-order valence-electron chi connectivity index (χ2n) is 24.7. The van der Waals surface area contributed by atoms with E-state index >= 15 is 0 Å². The number of amides is 1. The third kappa shape index (κ3) is 63.5. The van der Waals surface area contributed by atoms with Crippen LogP contribution in [-0.2, 0) is 27.9 Å². The van der Waals surface area contributed by atoms with Crippen molar-refractivity contribution in [3.8, 4) is 0 Å². The molecule has 10 heteroatoms. The Morgan fingerprint density at radius 3 is 1.12 bits per heavy atom. The van der Waals surface area contributed by atoms with Gasteiger partial charge in [0.1, 0.15) is 19.3 Å². The first-order valence-corrected chi connectivity index (χ1v) is 36.4. The molecular weight excluding hydrogens is 1050 g/mol. The van der Waals surface area contributed by atoms with Crippen molar-refractivity contribution in [2.75, 3.05) is 40.9 Å².